The summed E-state index contributed by atoms with van der Waals surface area (Å²) in [6.45, 7) is 1.16. The molecule has 15 heavy (non-hydrogen) atoms. The van der Waals surface area contributed by atoms with E-state index in [1.54, 1.807) is 0 Å². The first kappa shape index (κ1) is 10.0. The highest BCUT2D eigenvalue weighted by Gasteiger charge is 2.38. The van der Waals surface area contributed by atoms with Gasteiger partial charge in [0.1, 0.15) is 0 Å². The van der Waals surface area contributed by atoms with E-state index < -0.39 is 0 Å². The maximum atomic E-state index is 3.63. The number of fused-ring (bicyclic) bond motifs is 1. The summed E-state index contributed by atoms with van der Waals surface area (Å²) in [5.74, 6) is 1.27. The molecule has 0 aromatic heterocycles. The number of halogens is 1. The average Bonchev–Trinajstić information content (AvgIpc) is 2.37. The van der Waals surface area contributed by atoms with E-state index in [0.717, 1.165) is 6.54 Å². The molecule has 1 fully saturated rings. The van der Waals surface area contributed by atoms with Crippen molar-refractivity contribution in [1.82, 2.24) is 0 Å². The molecular formula is C12H14BrNS. The molecule has 1 spiro atoms. The Bertz CT molecular complexity index is 387. The fourth-order valence-electron chi connectivity index (χ4n) is 2.35. The lowest BCUT2D eigenvalue weighted by Crippen LogP contribution is -2.37. The maximum Gasteiger partial charge on any atom is 0.0490 e. The molecule has 3 rings (SSSR count). The molecule has 0 atom stereocenters. The highest BCUT2D eigenvalue weighted by atomic mass is 79.9. The third-order valence-corrected chi connectivity index (χ3v) is 5.97. The summed E-state index contributed by atoms with van der Waals surface area (Å²) in [6, 6.07) is 6.42. The van der Waals surface area contributed by atoms with Gasteiger partial charge in [0.2, 0.25) is 0 Å². The van der Waals surface area contributed by atoms with Crippen LogP contribution in [0.5, 0.6) is 0 Å². The predicted molar refractivity (Wildman–Crippen MR) is 69.6 cm³/mol. The van der Waals surface area contributed by atoms with Crippen molar-refractivity contribution in [3.63, 3.8) is 0 Å². The minimum absolute atomic E-state index is 0.586. The Kier molecular flexibility index (Phi) is 2.48. The van der Waals surface area contributed by atoms with Gasteiger partial charge < -0.3 is 5.32 Å². The Labute approximate surface area is 103 Å². The number of anilines is 1. The van der Waals surface area contributed by atoms with Gasteiger partial charge in [-0.25, -0.2) is 0 Å². The van der Waals surface area contributed by atoms with Crippen LogP contribution < -0.4 is 5.32 Å². The van der Waals surface area contributed by atoms with Gasteiger partial charge in [0.05, 0.1) is 0 Å². The Morgan fingerprint density at radius 1 is 1.33 bits per heavy atom. The van der Waals surface area contributed by atoms with Crippen molar-refractivity contribution >= 4 is 33.4 Å². The smallest absolute Gasteiger partial charge is 0.0490 e. The Balaban J connectivity index is 1.91. The molecule has 1 aliphatic carbocycles. The summed E-state index contributed by atoms with van der Waals surface area (Å²) in [7, 11) is 0. The SMILES string of the molecule is Brc1cccc2c1SCC1(CCC1)CN2. The van der Waals surface area contributed by atoms with Crippen LogP contribution in [-0.4, -0.2) is 12.3 Å². The van der Waals surface area contributed by atoms with E-state index in [1.165, 1.54) is 40.1 Å². The Morgan fingerprint density at radius 2 is 2.20 bits per heavy atom. The fraction of sp³-hybridized carbons (Fsp3) is 0.500. The van der Waals surface area contributed by atoms with Crippen molar-refractivity contribution in [2.45, 2.75) is 24.2 Å². The third kappa shape index (κ3) is 1.70. The minimum Gasteiger partial charge on any atom is -0.384 e. The molecule has 2 aliphatic rings. The molecule has 0 saturated heterocycles. The predicted octanol–water partition coefficient (Wildman–Crippen LogP) is 4.14. The summed E-state index contributed by atoms with van der Waals surface area (Å²) in [5.41, 5.74) is 1.89. The quantitative estimate of drug-likeness (QED) is 0.768. The summed E-state index contributed by atoms with van der Waals surface area (Å²) in [6.07, 6.45) is 4.22. The van der Waals surface area contributed by atoms with Gasteiger partial charge in [0.15, 0.2) is 0 Å². The number of hydrogen-bond acceptors (Lipinski definition) is 2. The number of hydrogen-bond donors (Lipinski definition) is 1. The second-order valence-corrected chi connectivity index (χ2v) is 6.45. The van der Waals surface area contributed by atoms with Crippen molar-refractivity contribution in [3.05, 3.63) is 22.7 Å². The van der Waals surface area contributed by atoms with Crippen LogP contribution in [0.1, 0.15) is 19.3 Å². The van der Waals surface area contributed by atoms with E-state index in [-0.39, 0.29) is 0 Å². The molecule has 3 heteroatoms. The highest BCUT2D eigenvalue weighted by molar-refractivity contribution is 9.10. The lowest BCUT2D eigenvalue weighted by atomic mass is 9.70. The lowest BCUT2D eigenvalue weighted by molar-refractivity contribution is 0.187. The molecule has 1 aromatic rings. The van der Waals surface area contributed by atoms with Crippen LogP contribution in [0.25, 0.3) is 0 Å². The maximum absolute atomic E-state index is 3.63. The zero-order valence-electron chi connectivity index (χ0n) is 8.55. The largest absolute Gasteiger partial charge is 0.384 e. The van der Waals surface area contributed by atoms with Crippen LogP contribution in [0.15, 0.2) is 27.6 Å². The second-order valence-electron chi connectivity index (χ2n) is 4.61. The molecule has 80 valence electrons. The van der Waals surface area contributed by atoms with E-state index in [4.69, 9.17) is 0 Å². The van der Waals surface area contributed by atoms with Gasteiger partial charge in [-0.1, -0.05) is 12.5 Å². The van der Waals surface area contributed by atoms with Gasteiger partial charge in [-0.05, 0) is 46.3 Å². The first-order valence-corrected chi connectivity index (χ1v) is 7.22. The molecule has 1 aliphatic heterocycles. The van der Waals surface area contributed by atoms with Crippen molar-refractivity contribution < 1.29 is 0 Å². The van der Waals surface area contributed by atoms with E-state index in [2.05, 4.69) is 39.4 Å². The zero-order chi connectivity index (χ0) is 10.3. The van der Waals surface area contributed by atoms with Crippen molar-refractivity contribution in [2.24, 2.45) is 5.41 Å². The Morgan fingerprint density at radius 3 is 2.93 bits per heavy atom. The third-order valence-electron chi connectivity index (χ3n) is 3.56. The summed E-state index contributed by atoms with van der Waals surface area (Å²) in [4.78, 5) is 1.39. The van der Waals surface area contributed by atoms with Crippen molar-refractivity contribution in [1.29, 1.82) is 0 Å². The zero-order valence-corrected chi connectivity index (χ0v) is 11.0. The topological polar surface area (TPSA) is 12.0 Å². The minimum atomic E-state index is 0.586. The summed E-state index contributed by atoms with van der Waals surface area (Å²) in [5, 5.41) is 3.61. The van der Waals surface area contributed by atoms with Crippen LogP contribution in [0.2, 0.25) is 0 Å². The highest BCUT2D eigenvalue weighted by Crippen LogP contribution is 2.49. The van der Waals surface area contributed by atoms with Gasteiger partial charge in [0.25, 0.3) is 0 Å². The first-order chi connectivity index (χ1) is 7.29. The van der Waals surface area contributed by atoms with Crippen LogP contribution in [-0.2, 0) is 0 Å². The summed E-state index contributed by atoms with van der Waals surface area (Å²) >= 11 is 5.64. The number of nitrogens with one attached hydrogen (secondary N) is 1. The number of thioether (sulfide) groups is 1. The second kappa shape index (κ2) is 3.70. The van der Waals surface area contributed by atoms with E-state index in [1.807, 2.05) is 11.8 Å². The fourth-order valence-corrected chi connectivity index (χ4v) is 4.40. The standard InChI is InChI=1S/C12H14BrNS/c13-9-3-1-4-10-11(9)15-8-12(7-14-10)5-2-6-12/h1,3-4,14H,2,5-8H2. The molecule has 1 heterocycles. The van der Waals surface area contributed by atoms with Gasteiger partial charge in [-0.3, -0.25) is 0 Å². The molecule has 0 radical (unpaired) electrons. The summed E-state index contributed by atoms with van der Waals surface area (Å²) < 4.78 is 1.23. The van der Waals surface area contributed by atoms with Crippen LogP contribution in [0.3, 0.4) is 0 Å². The molecule has 0 unspecified atom stereocenters. The van der Waals surface area contributed by atoms with Gasteiger partial charge in [-0.2, -0.15) is 0 Å². The van der Waals surface area contributed by atoms with Gasteiger partial charge >= 0.3 is 0 Å². The van der Waals surface area contributed by atoms with Gasteiger partial charge in [-0.15, -0.1) is 11.8 Å². The first-order valence-electron chi connectivity index (χ1n) is 5.44. The molecular weight excluding hydrogens is 270 g/mol. The number of benzene rings is 1. The van der Waals surface area contributed by atoms with Crippen LogP contribution in [0, 0.1) is 5.41 Å². The molecule has 0 bridgehead atoms. The molecule has 1 aromatic carbocycles. The van der Waals surface area contributed by atoms with E-state index in [0.29, 0.717) is 5.41 Å². The normalized spacial score (nSPS) is 22.5. The number of rotatable bonds is 0. The van der Waals surface area contributed by atoms with Crippen molar-refractivity contribution in [2.75, 3.05) is 17.6 Å². The monoisotopic (exact) mass is 283 g/mol. The molecule has 1 N–H and O–H groups in total. The lowest BCUT2D eigenvalue weighted by Gasteiger charge is -2.40. The van der Waals surface area contributed by atoms with Gasteiger partial charge in [0, 0.05) is 27.4 Å². The van der Waals surface area contributed by atoms with E-state index >= 15 is 0 Å². The molecule has 0 amide bonds. The Hall–Kier alpha value is -0.150. The average molecular weight is 284 g/mol. The van der Waals surface area contributed by atoms with Crippen LogP contribution >= 0.6 is 27.7 Å². The van der Waals surface area contributed by atoms with Crippen molar-refractivity contribution in [3.8, 4) is 0 Å². The van der Waals surface area contributed by atoms with Crippen LogP contribution in [0.4, 0.5) is 5.69 Å². The molecule has 1 saturated carbocycles. The van der Waals surface area contributed by atoms with E-state index in [9.17, 15) is 0 Å². The molecule has 1 nitrogen and oxygen atoms in total.